The standard InChI is InChI=1S/C25H26N4O.Cu/c1-24(2)13-18-10-15-6-7-16(26-15)11-22-25(3,4)14-20(29-22)23(30-5)19-9-8-17(27-19)12-21(24)28-18;/h6-12H,13-14H2,1-5H3;/q-2;+2. The van der Waals surface area contributed by atoms with Crippen molar-refractivity contribution in [3.8, 4) is 5.75 Å². The molecule has 0 atom stereocenters. The van der Waals surface area contributed by atoms with E-state index in [9.17, 15) is 0 Å². The van der Waals surface area contributed by atoms with Crippen LogP contribution in [0.3, 0.4) is 0 Å². The number of aromatic nitrogens is 4. The maximum absolute atomic E-state index is 5.77. The Balaban J connectivity index is 0.00000231. The molecule has 0 aliphatic carbocycles. The smallest absolute Gasteiger partial charge is 0.658 e. The summed E-state index contributed by atoms with van der Waals surface area (Å²) in [4.78, 5) is 19.5. The fourth-order valence-corrected chi connectivity index (χ4v) is 4.37. The number of rotatable bonds is 1. The van der Waals surface area contributed by atoms with E-state index in [4.69, 9.17) is 24.7 Å². The summed E-state index contributed by atoms with van der Waals surface area (Å²) in [7, 11) is 1.69. The van der Waals surface area contributed by atoms with Crippen LogP contribution in [0.25, 0.3) is 22.1 Å². The van der Waals surface area contributed by atoms with Crippen molar-refractivity contribution in [3.63, 3.8) is 0 Å². The Morgan fingerprint density at radius 2 is 1.35 bits per heavy atom. The molecule has 0 saturated carbocycles. The van der Waals surface area contributed by atoms with Gasteiger partial charge in [-0.3, -0.25) is 9.97 Å². The van der Waals surface area contributed by atoms with Crippen LogP contribution in [0.5, 0.6) is 5.75 Å². The minimum Gasteiger partial charge on any atom is -0.658 e. The van der Waals surface area contributed by atoms with Crippen LogP contribution in [0.2, 0.25) is 0 Å². The second-order valence-electron chi connectivity index (χ2n) is 9.57. The van der Waals surface area contributed by atoms with Gasteiger partial charge in [-0.2, -0.15) is 0 Å². The molecule has 0 amide bonds. The average molecular weight is 462 g/mol. The Kier molecular flexibility index (Phi) is 5.27. The van der Waals surface area contributed by atoms with Crippen molar-refractivity contribution >= 4 is 22.1 Å². The number of ether oxygens (including phenoxy) is 1. The Labute approximate surface area is 193 Å². The number of hydrogen-bond acceptors (Lipinski definition) is 3. The van der Waals surface area contributed by atoms with Crippen molar-refractivity contribution in [3.05, 3.63) is 65.2 Å². The maximum Gasteiger partial charge on any atom is 2.00 e. The van der Waals surface area contributed by atoms with E-state index in [1.54, 1.807) is 7.11 Å². The van der Waals surface area contributed by atoms with E-state index in [-0.39, 0.29) is 27.9 Å². The van der Waals surface area contributed by atoms with Gasteiger partial charge in [-0.1, -0.05) is 75.7 Å². The molecule has 3 aromatic rings. The molecule has 3 aromatic heterocycles. The van der Waals surface area contributed by atoms with E-state index >= 15 is 0 Å². The molecule has 0 saturated heterocycles. The topological polar surface area (TPSA) is 63.2 Å². The van der Waals surface area contributed by atoms with Gasteiger partial charge in [0.05, 0.1) is 12.8 Å². The van der Waals surface area contributed by atoms with Gasteiger partial charge in [-0.15, -0.1) is 16.6 Å². The number of fused-ring (bicyclic) bond motifs is 8. The zero-order valence-corrected chi connectivity index (χ0v) is 19.4. The van der Waals surface area contributed by atoms with Crippen molar-refractivity contribution in [2.24, 2.45) is 0 Å². The van der Waals surface area contributed by atoms with Crippen molar-refractivity contribution in [1.29, 1.82) is 0 Å². The maximum atomic E-state index is 5.77. The fraction of sp³-hybridized carbons (Fsp3) is 0.360. The van der Waals surface area contributed by atoms with E-state index < -0.39 is 0 Å². The molecule has 1 radical (unpaired) electrons. The number of hydrogen-bond donors (Lipinski definition) is 0. The Hall–Kier alpha value is -2.56. The van der Waals surface area contributed by atoms with Gasteiger partial charge in [-0.05, 0) is 0 Å². The molecule has 0 N–H and O–H groups in total. The Morgan fingerprint density at radius 1 is 0.774 bits per heavy atom. The zero-order valence-electron chi connectivity index (χ0n) is 18.5. The van der Waals surface area contributed by atoms with Gasteiger partial charge in [0.2, 0.25) is 0 Å². The molecule has 163 valence electrons. The molecule has 5 heterocycles. The molecule has 6 heteroatoms. The second-order valence-corrected chi connectivity index (χ2v) is 9.57. The quantitative estimate of drug-likeness (QED) is 0.495. The van der Waals surface area contributed by atoms with Gasteiger partial charge in [0.1, 0.15) is 5.75 Å². The first-order valence-electron chi connectivity index (χ1n) is 10.4. The minimum absolute atomic E-state index is 0. The summed E-state index contributed by atoms with van der Waals surface area (Å²) in [6.07, 6.45) is 1.68. The molecule has 2 aliphatic heterocycles. The van der Waals surface area contributed by atoms with E-state index in [1.807, 2.05) is 24.3 Å². The van der Waals surface area contributed by atoms with Crippen molar-refractivity contribution in [2.75, 3.05) is 7.11 Å². The predicted molar refractivity (Wildman–Crippen MR) is 119 cm³/mol. The number of nitrogens with zero attached hydrogens (tertiary/aromatic N) is 4. The van der Waals surface area contributed by atoms with Crippen LogP contribution in [-0.2, 0) is 40.7 Å². The van der Waals surface area contributed by atoms with Crippen LogP contribution in [0.15, 0.2) is 42.5 Å². The summed E-state index contributed by atoms with van der Waals surface area (Å²) in [5.41, 5.74) is 7.44. The summed E-state index contributed by atoms with van der Waals surface area (Å²) >= 11 is 0. The van der Waals surface area contributed by atoms with E-state index in [2.05, 4.69) is 45.9 Å². The van der Waals surface area contributed by atoms with Gasteiger partial charge >= 0.3 is 17.1 Å². The third-order valence-electron chi connectivity index (χ3n) is 6.07. The second kappa shape index (κ2) is 7.54. The van der Waals surface area contributed by atoms with E-state index in [0.29, 0.717) is 0 Å². The average Bonchev–Trinajstić information content (AvgIpc) is 3.40. The SMILES string of the molecule is COc1c2nc(cc3ccc(cc4nc(cc5ccc1[n-]5)C(C)(C)C4)[n-]3)C(C)(C)C2.[Cu+2]. The first-order valence-corrected chi connectivity index (χ1v) is 10.4. The van der Waals surface area contributed by atoms with E-state index in [0.717, 1.165) is 63.4 Å². The molecule has 2 aliphatic rings. The Morgan fingerprint density at radius 3 is 2.06 bits per heavy atom. The molecule has 31 heavy (non-hydrogen) atoms. The van der Waals surface area contributed by atoms with Crippen LogP contribution >= 0.6 is 0 Å². The summed E-state index contributed by atoms with van der Waals surface area (Å²) in [5.74, 6) is 0.738. The van der Waals surface area contributed by atoms with Gasteiger partial charge in [-0.25, -0.2) is 0 Å². The van der Waals surface area contributed by atoms with Crippen molar-refractivity contribution in [1.82, 2.24) is 19.9 Å². The molecular formula is C25H26CuN4O. The van der Waals surface area contributed by atoms with Crippen molar-refractivity contribution in [2.45, 2.75) is 51.4 Å². The fourth-order valence-electron chi connectivity index (χ4n) is 4.37. The monoisotopic (exact) mass is 461 g/mol. The molecule has 8 bridgehead atoms. The summed E-state index contributed by atoms with van der Waals surface area (Å²) in [6.45, 7) is 8.85. The van der Waals surface area contributed by atoms with Crippen LogP contribution in [-0.4, -0.2) is 17.1 Å². The Bertz CT molecular complexity index is 1300. The van der Waals surface area contributed by atoms with Crippen LogP contribution in [0, 0.1) is 0 Å². The molecule has 0 aromatic carbocycles. The summed E-state index contributed by atoms with van der Waals surface area (Å²) in [6, 6.07) is 14.4. The van der Waals surface area contributed by atoms with Gasteiger partial charge < -0.3 is 14.7 Å². The molecule has 0 spiro atoms. The van der Waals surface area contributed by atoms with Gasteiger partial charge in [0.25, 0.3) is 0 Å². The van der Waals surface area contributed by atoms with Gasteiger partial charge in [0.15, 0.2) is 0 Å². The molecular weight excluding hydrogens is 436 g/mol. The first-order chi connectivity index (χ1) is 14.2. The first kappa shape index (κ1) is 21.7. The summed E-state index contributed by atoms with van der Waals surface area (Å²) in [5, 5.41) is 0. The molecule has 5 nitrogen and oxygen atoms in total. The van der Waals surface area contributed by atoms with Gasteiger partial charge in [0, 0.05) is 40.8 Å². The molecule has 0 fully saturated rings. The zero-order chi connectivity index (χ0) is 21.1. The van der Waals surface area contributed by atoms with E-state index in [1.165, 1.54) is 0 Å². The van der Waals surface area contributed by atoms with Crippen LogP contribution in [0.4, 0.5) is 0 Å². The third-order valence-corrected chi connectivity index (χ3v) is 6.07. The largest absolute Gasteiger partial charge is 2.00 e. The van der Waals surface area contributed by atoms with Crippen LogP contribution < -0.4 is 14.7 Å². The molecule has 5 rings (SSSR count). The third kappa shape index (κ3) is 3.90. The van der Waals surface area contributed by atoms with Crippen LogP contribution in [0.1, 0.15) is 50.5 Å². The predicted octanol–water partition coefficient (Wildman–Crippen LogP) is 4.62. The minimum atomic E-state index is -0.0968. The number of methoxy groups -OCH3 is 1. The van der Waals surface area contributed by atoms with Crippen molar-refractivity contribution < 1.29 is 21.8 Å². The summed E-state index contributed by atoms with van der Waals surface area (Å²) < 4.78 is 5.77. The normalized spacial score (nSPS) is 16.5. The molecule has 0 unspecified atom stereocenters.